The van der Waals surface area contributed by atoms with Crippen molar-refractivity contribution < 1.29 is 23.8 Å². The van der Waals surface area contributed by atoms with Crippen LogP contribution in [0.1, 0.15) is 34.3 Å². The maximum absolute atomic E-state index is 14.1. The molecule has 0 bridgehead atoms. The second-order valence-corrected chi connectivity index (χ2v) is 7.60. The number of aromatic nitrogens is 2. The summed E-state index contributed by atoms with van der Waals surface area (Å²) in [6, 6.07) is 11.8. The number of methoxy groups -OCH3 is 1. The lowest BCUT2D eigenvalue weighted by molar-refractivity contribution is 0.0696. The normalized spacial score (nSPS) is 13.3. The maximum Gasteiger partial charge on any atom is 0.335 e. The zero-order valence-electron chi connectivity index (χ0n) is 18.6. The van der Waals surface area contributed by atoms with E-state index in [1.165, 1.54) is 19.4 Å². The monoisotopic (exact) mass is 465 g/mol. The van der Waals surface area contributed by atoms with Crippen LogP contribution in [-0.2, 0) is 6.61 Å². The number of anilines is 2. The second-order valence-electron chi connectivity index (χ2n) is 7.60. The molecule has 1 fully saturated rings. The molecule has 1 aliphatic heterocycles. The number of carboxylic acid groups (broad SMARTS) is 1. The van der Waals surface area contributed by atoms with Gasteiger partial charge in [-0.3, -0.25) is 0 Å². The molecule has 1 aliphatic rings. The van der Waals surface area contributed by atoms with Crippen LogP contribution in [0.5, 0.6) is 11.5 Å². The highest BCUT2D eigenvalue weighted by molar-refractivity contribution is 5.87. The molecule has 0 saturated carbocycles. The summed E-state index contributed by atoms with van der Waals surface area (Å²) in [5.74, 6) is -0.0999. The number of carboxylic acids is 1. The number of rotatable bonds is 9. The fourth-order valence-electron chi connectivity index (χ4n) is 3.62. The summed E-state index contributed by atoms with van der Waals surface area (Å²) in [6.07, 6.45) is 4.66. The molecular formula is C24H24FN5O4. The Hall–Kier alpha value is -4.21. The van der Waals surface area contributed by atoms with Gasteiger partial charge in [-0.25, -0.2) is 19.6 Å². The third-order valence-electron chi connectivity index (χ3n) is 5.29. The Morgan fingerprint density at radius 3 is 2.82 bits per heavy atom. The molecule has 2 N–H and O–H groups in total. The Labute approximate surface area is 195 Å². The number of nitrogens with zero attached hydrogens (tertiary/aromatic N) is 4. The molecule has 9 nitrogen and oxygen atoms in total. The SMILES string of the molecule is COc1cccc(/C=N\Nc2ncc(F)c(N3CCCC3)n2)c1OCc1cccc(C(=O)O)c1. The molecule has 0 spiro atoms. The summed E-state index contributed by atoms with van der Waals surface area (Å²) in [4.78, 5) is 21.3. The topological polar surface area (TPSA) is 109 Å². The third kappa shape index (κ3) is 5.40. The lowest BCUT2D eigenvalue weighted by Crippen LogP contribution is -2.21. The molecule has 2 heterocycles. The lowest BCUT2D eigenvalue weighted by atomic mass is 10.1. The minimum absolute atomic E-state index is 0.135. The molecule has 176 valence electrons. The maximum atomic E-state index is 14.1. The van der Waals surface area contributed by atoms with Gasteiger partial charge in [-0.15, -0.1) is 0 Å². The van der Waals surface area contributed by atoms with E-state index in [1.807, 2.05) is 4.90 Å². The van der Waals surface area contributed by atoms with Crippen LogP contribution in [0.15, 0.2) is 53.8 Å². The van der Waals surface area contributed by atoms with Gasteiger partial charge in [0, 0.05) is 18.7 Å². The number of carbonyl (C=O) groups is 1. The van der Waals surface area contributed by atoms with E-state index in [1.54, 1.807) is 36.4 Å². The summed E-state index contributed by atoms with van der Waals surface area (Å²) in [6.45, 7) is 1.66. The average molecular weight is 465 g/mol. The Kier molecular flexibility index (Phi) is 7.16. The van der Waals surface area contributed by atoms with E-state index in [2.05, 4.69) is 20.5 Å². The third-order valence-corrected chi connectivity index (χ3v) is 5.29. The number of ether oxygens (including phenoxy) is 2. The quantitative estimate of drug-likeness (QED) is 0.361. The van der Waals surface area contributed by atoms with Crippen molar-refractivity contribution in [2.75, 3.05) is 30.5 Å². The molecule has 0 unspecified atom stereocenters. The molecule has 1 saturated heterocycles. The van der Waals surface area contributed by atoms with Crippen molar-refractivity contribution in [3.05, 3.63) is 71.2 Å². The highest BCUT2D eigenvalue weighted by Crippen LogP contribution is 2.31. The smallest absolute Gasteiger partial charge is 0.335 e. The van der Waals surface area contributed by atoms with Crippen molar-refractivity contribution in [3.8, 4) is 11.5 Å². The van der Waals surface area contributed by atoms with Gasteiger partial charge < -0.3 is 19.5 Å². The van der Waals surface area contributed by atoms with Crippen LogP contribution in [0, 0.1) is 5.82 Å². The predicted molar refractivity (Wildman–Crippen MR) is 125 cm³/mol. The van der Waals surface area contributed by atoms with Crippen molar-refractivity contribution in [1.29, 1.82) is 0 Å². The first-order valence-corrected chi connectivity index (χ1v) is 10.7. The molecule has 34 heavy (non-hydrogen) atoms. The zero-order chi connectivity index (χ0) is 23.9. The van der Waals surface area contributed by atoms with Crippen LogP contribution in [0.4, 0.5) is 16.2 Å². The number of hydrogen-bond donors (Lipinski definition) is 2. The van der Waals surface area contributed by atoms with Gasteiger partial charge in [0.25, 0.3) is 0 Å². The number of nitrogens with one attached hydrogen (secondary N) is 1. The van der Waals surface area contributed by atoms with Crippen molar-refractivity contribution >= 4 is 24.0 Å². The van der Waals surface area contributed by atoms with Gasteiger partial charge in [-0.2, -0.15) is 10.1 Å². The first-order valence-electron chi connectivity index (χ1n) is 10.7. The van der Waals surface area contributed by atoms with E-state index in [4.69, 9.17) is 9.47 Å². The Balaban J connectivity index is 1.49. The standard InChI is InChI=1S/C24H24FN5O4/c1-33-20-9-5-8-18(21(20)34-15-16-6-4-7-17(12-16)23(31)32)13-27-29-24-26-14-19(25)22(28-24)30-10-2-3-11-30/h4-9,12-14H,2-3,10-11,15H2,1H3,(H,31,32)(H,26,28,29)/b27-13-. The fourth-order valence-corrected chi connectivity index (χ4v) is 3.62. The van der Waals surface area contributed by atoms with Crippen molar-refractivity contribution in [2.24, 2.45) is 5.10 Å². The Bertz CT molecular complexity index is 1200. The zero-order valence-corrected chi connectivity index (χ0v) is 18.6. The molecule has 0 amide bonds. The summed E-state index contributed by atoms with van der Waals surface area (Å²) in [5, 5.41) is 13.4. The second kappa shape index (κ2) is 10.6. The van der Waals surface area contributed by atoms with Gasteiger partial charge in [0.2, 0.25) is 5.95 Å². The van der Waals surface area contributed by atoms with E-state index in [0.717, 1.165) is 32.1 Å². The highest BCUT2D eigenvalue weighted by Gasteiger charge is 2.18. The minimum atomic E-state index is -1.01. The van der Waals surface area contributed by atoms with E-state index in [0.29, 0.717) is 22.6 Å². The number of para-hydroxylation sites is 1. The Morgan fingerprint density at radius 1 is 1.26 bits per heavy atom. The molecule has 0 radical (unpaired) electrons. The highest BCUT2D eigenvalue weighted by atomic mass is 19.1. The Morgan fingerprint density at radius 2 is 2.06 bits per heavy atom. The lowest BCUT2D eigenvalue weighted by Gasteiger charge is -2.17. The van der Waals surface area contributed by atoms with Gasteiger partial charge >= 0.3 is 5.97 Å². The molecule has 0 aliphatic carbocycles. The van der Waals surface area contributed by atoms with E-state index in [-0.39, 0.29) is 23.9 Å². The van der Waals surface area contributed by atoms with E-state index in [9.17, 15) is 14.3 Å². The van der Waals surface area contributed by atoms with E-state index < -0.39 is 11.8 Å². The van der Waals surface area contributed by atoms with Gasteiger partial charge in [-0.1, -0.05) is 18.2 Å². The summed E-state index contributed by atoms with van der Waals surface area (Å²) in [5.41, 5.74) is 4.22. The van der Waals surface area contributed by atoms with Crippen LogP contribution in [0.3, 0.4) is 0 Å². The minimum Gasteiger partial charge on any atom is -0.493 e. The molecule has 2 aromatic carbocycles. The van der Waals surface area contributed by atoms with Crippen LogP contribution in [0.2, 0.25) is 0 Å². The number of aromatic carboxylic acids is 1. The first-order chi connectivity index (χ1) is 16.5. The van der Waals surface area contributed by atoms with Crippen LogP contribution < -0.4 is 19.8 Å². The largest absolute Gasteiger partial charge is 0.493 e. The molecular weight excluding hydrogens is 441 g/mol. The number of hydrazone groups is 1. The fraction of sp³-hybridized carbons (Fsp3) is 0.250. The average Bonchev–Trinajstić information content (AvgIpc) is 3.39. The van der Waals surface area contributed by atoms with Crippen molar-refractivity contribution in [3.63, 3.8) is 0 Å². The summed E-state index contributed by atoms with van der Waals surface area (Å²) in [7, 11) is 1.53. The van der Waals surface area contributed by atoms with Gasteiger partial charge in [0.05, 0.1) is 25.1 Å². The number of hydrogen-bond acceptors (Lipinski definition) is 8. The number of benzene rings is 2. The predicted octanol–water partition coefficient (Wildman–Crippen LogP) is 3.95. The van der Waals surface area contributed by atoms with Gasteiger partial charge in [-0.05, 0) is 42.7 Å². The van der Waals surface area contributed by atoms with Crippen LogP contribution in [-0.4, -0.2) is 47.5 Å². The molecule has 4 rings (SSSR count). The number of halogens is 1. The van der Waals surface area contributed by atoms with Crippen molar-refractivity contribution in [2.45, 2.75) is 19.4 Å². The molecule has 0 atom stereocenters. The first kappa shape index (κ1) is 23.0. The van der Waals surface area contributed by atoms with Crippen LogP contribution in [0.25, 0.3) is 0 Å². The molecule has 3 aromatic rings. The van der Waals surface area contributed by atoms with Crippen molar-refractivity contribution in [1.82, 2.24) is 9.97 Å². The summed E-state index contributed by atoms with van der Waals surface area (Å²) < 4.78 is 25.5. The van der Waals surface area contributed by atoms with Gasteiger partial charge in [0.1, 0.15) is 6.61 Å². The van der Waals surface area contributed by atoms with Crippen LogP contribution >= 0.6 is 0 Å². The van der Waals surface area contributed by atoms with Gasteiger partial charge in [0.15, 0.2) is 23.1 Å². The molecule has 1 aromatic heterocycles. The summed E-state index contributed by atoms with van der Waals surface area (Å²) >= 11 is 0. The molecule has 10 heteroatoms. The van der Waals surface area contributed by atoms with E-state index >= 15 is 0 Å².